The SMILES string of the molecule is N#CSc1ccc(SC#N)[nH]1. The molecule has 11 heavy (non-hydrogen) atoms. The summed E-state index contributed by atoms with van der Waals surface area (Å²) in [6.07, 6.45) is 0. The van der Waals surface area contributed by atoms with Crippen LogP contribution >= 0.6 is 23.5 Å². The molecule has 0 aromatic carbocycles. The van der Waals surface area contributed by atoms with Gasteiger partial charge in [0, 0.05) is 23.5 Å². The van der Waals surface area contributed by atoms with E-state index in [1.807, 2.05) is 10.8 Å². The van der Waals surface area contributed by atoms with Gasteiger partial charge >= 0.3 is 0 Å². The molecule has 0 saturated heterocycles. The van der Waals surface area contributed by atoms with Gasteiger partial charge in [-0.3, -0.25) is 0 Å². The molecule has 0 saturated carbocycles. The molecule has 0 radical (unpaired) electrons. The van der Waals surface area contributed by atoms with Gasteiger partial charge in [-0.2, -0.15) is 10.5 Å². The van der Waals surface area contributed by atoms with Crippen molar-refractivity contribution >= 4 is 23.5 Å². The molecule has 1 aromatic heterocycles. The Hall–Kier alpha value is -1.04. The zero-order chi connectivity index (χ0) is 8.10. The summed E-state index contributed by atoms with van der Waals surface area (Å²) < 4.78 is 0. The van der Waals surface area contributed by atoms with Crippen LogP contribution in [0.1, 0.15) is 0 Å². The van der Waals surface area contributed by atoms with Gasteiger partial charge in [0.1, 0.15) is 10.8 Å². The molecule has 1 heterocycles. The summed E-state index contributed by atoms with van der Waals surface area (Å²) in [5, 5.41) is 22.0. The van der Waals surface area contributed by atoms with Crippen LogP contribution in [0.3, 0.4) is 0 Å². The number of nitriles is 2. The van der Waals surface area contributed by atoms with Crippen molar-refractivity contribution in [3.8, 4) is 10.8 Å². The molecule has 0 unspecified atom stereocenters. The summed E-state index contributed by atoms with van der Waals surface area (Å²) >= 11 is 2.10. The molecule has 0 spiro atoms. The third-order valence-corrected chi connectivity index (χ3v) is 2.04. The van der Waals surface area contributed by atoms with Gasteiger partial charge in [-0.1, -0.05) is 0 Å². The van der Waals surface area contributed by atoms with E-state index in [4.69, 9.17) is 10.5 Å². The van der Waals surface area contributed by atoms with Gasteiger partial charge in [0.05, 0.1) is 10.1 Å². The highest BCUT2D eigenvalue weighted by Crippen LogP contribution is 2.21. The first kappa shape index (κ1) is 8.06. The standard InChI is InChI=1S/C6H3N3S2/c7-3-10-5-1-2-6(9-5)11-4-8/h1-2,9H. The maximum Gasteiger partial charge on any atom is 0.140 e. The highest BCUT2D eigenvalue weighted by atomic mass is 32.2. The lowest BCUT2D eigenvalue weighted by Crippen LogP contribution is -1.67. The molecule has 1 N–H and O–H groups in total. The monoisotopic (exact) mass is 181 g/mol. The average Bonchev–Trinajstić information content (AvgIpc) is 2.38. The summed E-state index contributed by atoms with van der Waals surface area (Å²) in [5.41, 5.74) is 0. The fourth-order valence-corrected chi connectivity index (χ4v) is 1.43. The van der Waals surface area contributed by atoms with E-state index in [0.29, 0.717) is 0 Å². The summed E-state index contributed by atoms with van der Waals surface area (Å²) in [5.74, 6) is 0. The van der Waals surface area contributed by atoms with E-state index in [2.05, 4.69) is 4.98 Å². The second-order valence-electron chi connectivity index (χ2n) is 1.57. The molecule has 5 heteroatoms. The summed E-state index contributed by atoms with van der Waals surface area (Å²) in [7, 11) is 0. The zero-order valence-electron chi connectivity index (χ0n) is 5.37. The van der Waals surface area contributed by atoms with Crippen LogP contribution in [0.2, 0.25) is 0 Å². The molecular weight excluding hydrogens is 178 g/mol. The topological polar surface area (TPSA) is 63.4 Å². The number of thiocyanates is 2. The Kier molecular flexibility index (Phi) is 2.91. The van der Waals surface area contributed by atoms with Crippen LogP contribution in [-0.4, -0.2) is 4.98 Å². The van der Waals surface area contributed by atoms with Crippen LogP contribution in [0.4, 0.5) is 0 Å². The lowest BCUT2D eigenvalue weighted by Gasteiger charge is -1.84. The van der Waals surface area contributed by atoms with E-state index >= 15 is 0 Å². The Morgan fingerprint density at radius 1 is 1.09 bits per heavy atom. The number of nitrogens with one attached hydrogen (secondary N) is 1. The van der Waals surface area contributed by atoms with Crippen LogP contribution in [-0.2, 0) is 0 Å². The van der Waals surface area contributed by atoms with Crippen LogP contribution < -0.4 is 0 Å². The number of H-pyrrole nitrogens is 1. The molecule has 54 valence electrons. The number of nitrogens with zero attached hydrogens (tertiary/aromatic N) is 2. The number of rotatable bonds is 2. The molecule has 0 aliphatic carbocycles. The van der Waals surface area contributed by atoms with Crippen molar-refractivity contribution in [2.24, 2.45) is 0 Å². The summed E-state index contributed by atoms with van der Waals surface area (Å²) in [6, 6.07) is 3.54. The van der Waals surface area contributed by atoms with Crippen molar-refractivity contribution in [1.29, 1.82) is 10.5 Å². The third kappa shape index (κ3) is 2.23. The fraction of sp³-hybridized carbons (Fsp3) is 0. The molecule has 0 bridgehead atoms. The predicted octanol–water partition coefficient (Wildman–Crippen LogP) is 2.16. The van der Waals surface area contributed by atoms with Crippen molar-refractivity contribution < 1.29 is 0 Å². The maximum absolute atomic E-state index is 8.28. The molecule has 0 aliphatic rings. The summed E-state index contributed by atoms with van der Waals surface area (Å²) in [4.78, 5) is 2.90. The van der Waals surface area contributed by atoms with Gasteiger partial charge in [-0.15, -0.1) is 0 Å². The first-order chi connectivity index (χ1) is 5.36. The molecule has 3 nitrogen and oxygen atoms in total. The van der Waals surface area contributed by atoms with Gasteiger partial charge in [0.15, 0.2) is 0 Å². The minimum atomic E-state index is 0.769. The summed E-state index contributed by atoms with van der Waals surface area (Å²) in [6.45, 7) is 0. The smallest absolute Gasteiger partial charge is 0.140 e. The average molecular weight is 181 g/mol. The van der Waals surface area contributed by atoms with Crippen LogP contribution in [0.25, 0.3) is 0 Å². The second-order valence-corrected chi connectivity index (χ2v) is 3.23. The Morgan fingerprint density at radius 3 is 1.91 bits per heavy atom. The van der Waals surface area contributed by atoms with Crippen LogP contribution in [0, 0.1) is 21.3 Å². The number of aromatic amines is 1. The van der Waals surface area contributed by atoms with Gasteiger partial charge in [-0.05, 0) is 12.1 Å². The Morgan fingerprint density at radius 2 is 1.55 bits per heavy atom. The van der Waals surface area contributed by atoms with Crippen molar-refractivity contribution in [2.45, 2.75) is 10.1 Å². The fourth-order valence-electron chi connectivity index (χ4n) is 0.574. The zero-order valence-corrected chi connectivity index (χ0v) is 7.00. The number of thioether (sulfide) groups is 2. The third-order valence-electron chi connectivity index (χ3n) is 0.944. The number of hydrogen-bond acceptors (Lipinski definition) is 4. The van der Waals surface area contributed by atoms with Gasteiger partial charge in [-0.25, -0.2) is 0 Å². The first-order valence-corrected chi connectivity index (χ1v) is 4.31. The lowest BCUT2D eigenvalue weighted by atomic mass is 10.7. The first-order valence-electron chi connectivity index (χ1n) is 2.67. The Balaban J connectivity index is 2.69. The van der Waals surface area contributed by atoms with Gasteiger partial charge in [0.25, 0.3) is 0 Å². The highest BCUT2D eigenvalue weighted by molar-refractivity contribution is 8.04. The minimum Gasteiger partial charge on any atom is -0.343 e. The van der Waals surface area contributed by atoms with E-state index in [1.165, 1.54) is 0 Å². The Bertz CT molecular complexity index is 287. The molecule has 1 rings (SSSR count). The van der Waals surface area contributed by atoms with E-state index < -0.39 is 0 Å². The van der Waals surface area contributed by atoms with E-state index in [1.54, 1.807) is 12.1 Å². The van der Waals surface area contributed by atoms with E-state index in [-0.39, 0.29) is 0 Å². The highest BCUT2D eigenvalue weighted by Gasteiger charge is 1.97. The normalized spacial score (nSPS) is 8.55. The van der Waals surface area contributed by atoms with Crippen molar-refractivity contribution in [3.05, 3.63) is 12.1 Å². The van der Waals surface area contributed by atoms with Crippen molar-refractivity contribution in [2.75, 3.05) is 0 Å². The quantitative estimate of drug-likeness (QED) is 0.561. The molecular formula is C6H3N3S2. The number of aromatic nitrogens is 1. The van der Waals surface area contributed by atoms with E-state index in [0.717, 1.165) is 33.6 Å². The minimum absolute atomic E-state index is 0.769. The maximum atomic E-state index is 8.28. The second kappa shape index (κ2) is 3.97. The Labute approximate surface area is 72.4 Å². The van der Waals surface area contributed by atoms with Crippen molar-refractivity contribution in [3.63, 3.8) is 0 Å². The molecule has 1 aromatic rings. The molecule has 0 atom stereocenters. The van der Waals surface area contributed by atoms with Gasteiger partial charge < -0.3 is 4.98 Å². The molecule has 0 amide bonds. The van der Waals surface area contributed by atoms with Crippen molar-refractivity contribution in [1.82, 2.24) is 4.98 Å². The van der Waals surface area contributed by atoms with E-state index in [9.17, 15) is 0 Å². The predicted molar refractivity (Wildman–Crippen MR) is 43.7 cm³/mol. The van der Waals surface area contributed by atoms with Crippen LogP contribution in [0.5, 0.6) is 0 Å². The van der Waals surface area contributed by atoms with Crippen LogP contribution in [0.15, 0.2) is 22.2 Å². The molecule has 0 aliphatic heterocycles. The lowest BCUT2D eigenvalue weighted by molar-refractivity contribution is 1.09. The largest absolute Gasteiger partial charge is 0.343 e. The molecule has 0 fully saturated rings. The van der Waals surface area contributed by atoms with Gasteiger partial charge in [0.2, 0.25) is 0 Å². The number of hydrogen-bond donors (Lipinski definition) is 1.